The zero-order valence-electron chi connectivity index (χ0n) is 15.2. The van der Waals surface area contributed by atoms with Crippen LogP contribution in [0.5, 0.6) is 11.5 Å². The average molecular weight is 389 g/mol. The Morgan fingerprint density at radius 2 is 1.63 bits per heavy atom. The minimum Gasteiger partial charge on any atom is -0.486 e. The van der Waals surface area contributed by atoms with E-state index in [1.807, 2.05) is 18.2 Å². The van der Waals surface area contributed by atoms with Gasteiger partial charge in [-0.25, -0.2) is 13.1 Å². The standard InChI is InChI=1S/C20H24N2O4S/c23-27(24,18-7-8-19-20(13-18)26-12-11-25-19)21-14-16-5-1-2-6-17(16)15-22-9-3-4-10-22/h1-2,5-8,13,21H,3-4,9-12,14-15H2/p+1. The molecular formula is C20H25N2O4S+. The van der Waals surface area contributed by atoms with E-state index in [2.05, 4.69) is 10.8 Å². The second-order valence-corrected chi connectivity index (χ2v) is 8.80. The smallest absolute Gasteiger partial charge is 0.241 e. The highest BCUT2D eigenvalue weighted by atomic mass is 32.2. The molecule has 144 valence electrons. The van der Waals surface area contributed by atoms with Crippen LogP contribution in [0.15, 0.2) is 47.4 Å². The fourth-order valence-corrected chi connectivity index (χ4v) is 4.69. The number of quaternary nitrogens is 1. The Kier molecular flexibility index (Phi) is 5.33. The van der Waals surface area contributed by atoms with Gasteiger partial charge in [-0.2, -0.15) is 0 Å². The molecule has 2 aliphatic rings. The third kappa shape index (κ3) is 4.26. The van der Waals surface area contributed by atoms with Gasteiger partial charge in [0.2, 0.25) is 10.0 Å². The summed E-state index contributed by atoms with van der Waals surface area (Å²) in [6.07, 6.45) is 2.54. The van der Waals surface area contributed by atoms with Crippen molar-refractivity contribution in [2.45, 2.75) is 30.8 Å². The SMILES string of the molecule is O=S(=O)(NCc1ccccc1C[NH+]1CCCC1)c1ccc2c(c1)OCCO2. The second-order valence-electron chi connectivity index (χ2n) is 7.03. The summed E-state index contributed by atoms with van der Waals surface area (Å²) in [5, 5.41) is 0. The van der Waals surface area contributed by atoms with Gasteiger partial charge in [0.1, 0.15) is 19.8 Å². The summed E-state index contributed by atoms with van der Waals surface area (Å²) < 4.78 is 39.2. The molecular weight excluding hydrogens is 364 g/mol. The highest BCUT2D eigenvalue weighted by Gasteiger charge is 2.21. The fourth-order valence-electron chi connectivity index (χ4n) is 3.67. The average Bonchev–Trinajstić information content (AvgIpc) is 3.20. The van der Waals surface area contributed by atoms with Crippen molar-refractivity contribution in [3.8, 4) is 11.5 Å². The lowest BCUT2D eigenvalue weighted by Gasteiger charge is -2.19. The van der Waals surface area contributed by atoms with Crippen LogP contribution in [0.2, 0.25) is 0 Å². The summed E-state index contributed by atoms with van der Waals surface area (Å²) in [4.78, 5) is 1.76. The first-order valence-corrected chi connectivity index (χ1v) is 10.9. The molecule has 2 aromatic carbocycles. The maximum absolute atomic E-state index is 12.7. The number of nitrogens with one attached hydrogen (secondary N) is 2. The summed E-state index contributed by atoms with van der Waals surface area (Å²) in [6.45, 7) is 4.51. The van der Waals surface area contributed by atoms with E-state index in [9.17, 15) is 8.42 Å². The minimum atomic E-state index is -3.63. The normalized spacial score (nSPS) is 17.2. The van der Waals surface area contributed by atoms with Crippen molar-refractivity contribution in [2.75, 3.05) is 26.3 Å². The van der Waals surface area contributed by atoms with Gasteiger partial charge in [-0.15, -0.1) is 0 Å². The van der Waals surface area contributed by atoms with Crippen LogP contribution in [-0.2, 0) is 23.1 Å². The summed E-state index contributed by atoms with van der Waals surface area (Å²) in [5.41, 5.74) is 2.23. The largest absolute Gasteiger partial charge is 0.486 e. The van der Waals surface area contributed by atoms with Crippen molar-refractivity contribution in [2.24, 2.45) is 0 Å². The molecule has 2 N–H and O–H groups in total. The molecule has 2 aromatic rings. The molecule has 0 amide bonds. The molecule has 0 atom stereocenters. The van der Waals surface area contributed by atoms with Crippen LogP contribution < -0.4 is 19.1 Å². The first-order chi connectivity index (χ1) is 13.1. The van der Waals surface area contributed by atoms with Gasteiger partial charge >= 0.3 is 0 Å². The Labute approximate surface area is 160 Å². The molecule has 0 aromatic heterocycles. The molecule has 0 saturated carbocycles. The van der Waals surface area contributed by atoms with Crippen molar-refractivity contribution in [3.05, 3.63) is 53.6 Å². The summed E-state index contributed by atoms with van der Waals surface area (Å²) in [7, 11) is -3.63. The molecule has 2 aliphatic heterocycles. The van der Waals surface area contributed by atoms with Crippen molar-refractivity contribution < 1.29 is 22.8 Å². The fraction of sp³-hybridized carbons (Fsp3) is 0.400. The molecule has 0 unspecified atom stereocenters. The predicted molar refractivity (Wildman–Crippen MR) is 102 cm³/mol. The van der Waals surface area contributed by atoms with Crippen LogP contribution >= 0.6 is 0 Å². The Balaban J connectivity index is 1.48. The van der Waals surface area contributed by atoms with Gasteiger partial charge in [-0.05, 0) is 17.7 Å². The predicted octanol–water partition coefficient (Wildman–Crippen LogP) is 1.11. The zero-order valence-corrected chi connectivity index (χ0v) is 16.1. The van der Waals surface area contributed by atoms with Gasteiger partial charge in [0.05, 0.1) is 18.0 Å². The summed E-state index contributed by atoms with van der Waals surface area (Å²) in [5.74, 6) is 1.06. The van der Waals surface area contributed by atoms with E-state index in [0.717, 1.165) is 12.1 Å². The molecule has 0 radical (unpaired) electrons. The quantitative estimate of drug-likeness (QED) is 0.777. The van der Waals surface area contributed by atoms with Crippen molar-refractivity contribution in [1.29, 1.82) is 0 Å². The zero-order chi connectivity index (χ0) is 18.7. The van der Waals surface area contributed by atoms with Gasteiger partial charge < -0.3 is 14.4 Å². The third-order valence-corrected chi connectivity index (χ3v) is 6.54. The Hall–Kier alpha value is -2.09. The van der Waals surface area contributed by atoms with Crippen LogP contribution in [0.3, 0.4) is 0 Å². The molecule has 4 rings (SSSR count). The van der Waals surface area contributed by atoms with Crippen molar-refractivity contribution in [1.82, 2.24) is 4.72 Å². The molecule has 2 heterocycles. The maximum Gasteiger partial charge on any atom is 0.241 e. The first kappa shape index (κ1) is 18.3. The number of hydrogen-bond acceptors (Lipinski definition) is 4. The van der Waals surface area contributed by atoms with Crippen molar-refractivity contribution in [3.63, 3.8) is 0 Å². The van der Waals surface area contributed by atoms with E-state index in [-0.39, 0.29) is 11.4 Å². The number of hydrogen-bond donors (Lipinski definition) is 2. The van der Waals surface area contributed by atoms with Crippen LogP contribution in [-0.4, -0.2) is 34.7 Å². The van der Waals surface area contributed by atoms with Crippen LogP contribution in [0.25, 0.3) is 0 Å². The molecule has 27 heavy (non-hydrogen) atoms. The maximum atomic E-state index is 12.7. The Morgan fingerprint density at radius 1 is 0.926 bits per heavy atom. The highest BCUT2D eigenvalue weighted by molar-refractivity contribution is 7.89. The molecule has 7 heteroatoms. The molecule has 0 bridgehead atoms. The first-order valence-electron chi connectivity index (χ1n) is 9.41. The lowest BCUT2D eigenvalue weighted by molar-refractivity contribution is -0.901. The monoisotopic (exact) mass is 389 g/mol. The van der Waals surface area contributed by atoms with Gasteiger partial charge in [-0.3, -0.25) is 0 Å². The van der Waals surface area contributed by atoms with Gasteiger partial charge in [0.15, 0.2) is 11.5 Å². The summed E-state index contributed by atoms with van der Waals surface area (Å²) in [6, 6.07) is 12.8. The van der Waals surface area contributed by atoms with E-state index < -0.39 is 10.0 Å². The van der Waals surface area contributed by atoms with Crippen molar-refractivity contribution >= 4 is 10.0 Å². The number of likely N-dealkylation sites (tertiary alicyclic amines) is 1. The highest BCUT2D eigenvalue weighted by Crippen LogP contribution is 2.32. The van der Waals surface area contributed by atoms with E-state index in [0.29, 0.717) is 24.7 Å². The van der Waals surface area contributed by atoms with E-state index >= 15 is 0 Å². The van der Waals surface area contributed by atoms with Gasteiger partial charge in [0.25, 0.3) is 0 Å². The number of fused-ring (bicyclic) bond motifs is 1. The molecule has 1 saturated heterocycles. The number of benzene rings is 2. The Bertz CT molecular complexity index is 908. The molecule has 0 aliphatic carbocycles. The summed E-state index contributed by atoms with van der Waals surface area (Å²) >= 11 is 0. The third-order valence-electron chi connectivity index (χ3n) is 5.15. The molecule has 0 spiro atoms. The van der Waals surface area contributed by atoms with E-state index in [4.69, 9.17) is 9.47 Å². The minimum absolute atomic E-state index is 0.189. The van der Waals surface area contributed by atoms with Crippen LogP contribution in [0.1, 0.15) is 24.0 Å². The van der Waals surface area contributed by atoms with Crippen LogP contribution in [0.4, 0.5) is 0 Å². The Morgan fingerprint density at radius 3 is 2.41 bits per heavy atom. The number of rotatable bonds is 6. The lowest BCUT2D eigenvalue weighted by Crippen LogP contribution is -3.08. The van der Waals surface area contributed by atoms with E-state index in [1.165, 1.54) is 37.6 Å². The topological polar surface area (TPSA) is 69.1 Å². The molecule has 6 nitrogen and oxygen atoms in total. The molecule has 1 fully saturated rings. The number of ether oxygens (including phenoxy) is 2. The van der Waals surface area contributed by atoms with Crippen LogP contribution in [0, 0.1) is 0 Å². The van der Waals surface area contributed by atoms with Gasteiger partial charge in [-0.1, -0.05) is 24.3 Å². The van der Waals surface area contributed by atoms with E-state index in [1.54, 1.807) is 17.0 Å². The number of sulfonamides is 1. The second kappa shape index (κ2) is 7.88. The lowest BCUT2D eigenvalue weighted by atomic mass is 10.1. The van der Waals surface area contributed by atoms with Gasteiger partial charge in [0, 0.05) is 31.0 Å².